The third kappa shape index (κ3) is 3.55. The minimum Gasteiger partial charge on any atom is -0.233 e. The molecule has 0 radical (unpaired) electrons. The molecule has 0 bridgehead atoms. The molecule has 3 aromatic rings. The van der Waals surface area contributed by atoms with Gasteiger partial charge >= 0.3 is 0 Å². The summed E-state index contributed by atoms with van der Waals surface area (Å²) >= 11 is 0. The van der Waals surface area contributed by atoms with E-state index in [0.717, 1.165) is 29.9 Å². The number of benzene rings is 2. The summed E-state index contributed by atoms with van der Waals surface area (Å²) in [6.07, 6.45) is 7.24. The van der Waals surface area contributed by atoms with Gasteiger partial charge in [0, 0.05) is 22.4 Å². The SMILES string of the molecule is Cc1ccc(-c2nc3c(c(-c4ccc(C)cc4)n2)CCCCCC3)cc1. The van der Waals surface area contributed by atoms with E-state index in [1.807, 2.05) is 0 Å². The van der Waals surface area contributed by atoms with Gasteiger partial charge in [0.05, 0.1) is 5.69 Å². The number of fused-ring (bicyclic) bond motifs is 1. The van der Waals surface area contributed by atoms with Crippen molar-refractivity contribution in [3.05, 3.63) is 70.9 Å². The molecule has 0 saturated carbocycles. The molecule has 0 N–H and O–H groups in total. The van der Waals surface area contributed by atoms with Gasteiger partial charge in [0.25, 0.3) is 0 Å². The molecule has 0 fully saturated rings. The molecule has 4 rings (SSSR count). The second-order valence-corrected chi connectivity index (χ2v) is 7.47. The molecule has 0 spiro atoms. The summed E-state index contributed by atoms with van der Waals surface area (Å²) in [4.78, 5) is 10.1. The lowest BCUT2D eigenvalue weighted by atomic mass is 9.93. The van der Waals surface area contributed by atoms with E-state index in [1.54, 1.807) is 0 Å². The largest absolute Gasteiger partial charge is 0.233 e. The molecule has 0 atom stereocenters. The fourth-order valence-corrected chi connectivity index (χ4v) is 3.73. The van der Waals surface area contributed by atoms with Crippen LogP contribution in [0.15, 0.2) is 48.5 Å². The molecule has 26 heavy (non-hydrogen) atoms. The molecule has 0 amide bonds. The molecule has 1 heterocycles. The maximum atomic E-state index is 5.05. The molecule has 2 aromatic carbocycles. The smallest absolute Gasteiger partial charge is 0.160 e. The fraction of sp³-hybridized carbons (Fsp3) is 0.333. The predicted octanol–water partition coefficient (Wildman–Crippen LogP) is 6.09. The van der Waals surface area contributed by atoms with Crippen LogP contribution in [0.2, 0.25) is 0 Å². The lowest BCUT2D eigenvalue weighted by Crippen LogP contribution is -2.08. The topological polar surface area (TPSA) is 25.8 Å². The van der Waals surface area contributed by atoms with Crippen LogP contribution in [0.1, 0.15) is 48.1 Å². The number of nitrogens with zero attached hydrogens (tertiary/aromatic N) is 2. The minimum absolute atomic E-state index is 0.861. The highest BCUT2D eigenvalue weighted by atomic mass is 14.9. The van der Waals surface area contributed by atoms with Crippen molar-refractivity contribution >= 4 is 0 Å². The number of hydrogen-bond donors (Lipinski definition) is 0. The molecule has 0 aliphatic heterocycles. The zero-order valence-corrected chi connectivity index (χ0v) is 15.8. The van der Waals surface area contributed by atoms with Crippen molar-refractivity contribution < 1.29 is 0 Å². The Bertz CT molecular complexity index is 893. The van der Waals surface area contributed by atoms with Gasteiger partial charge in [-0.15, -0.1) is 0 Å². The van der Waals surface area contributed by atoms with Crippen LogP contribution in [0.4, 0.5) is 0 Å². The van der Waals surface area contributed by atoms with Crippen molar-refractivity contribution in [2.24, 2.45) is 0 Å². The molecule has 1 aliphatic rings. The Labute approximate surface area is 156 Å². The van der Waals surface area contributed by atoms with Crippen molar-refractivity contribution in [1.29, 1.82) is 0 Å². The summed E-state index contributed by atoms with van der Waals surface area (Å²) in [5.41, 5.74) is 8.61. The Kier molecular flexibility index (Phi) is 4.83. The zero-order valence-electron chi connectivity index (χ0n) is 15.8. The standard InChI is InChI=1S/C24H26N2/c1-17-9-13-19(14-10-17)23-21-7-5-3-4-6-8-22(21)25-24(26-23)20-15-11-18(2)12-16-20/h9-16H,3-8H2,1-2H3. The zero-order chi connectivity index (χ0) is 17.9. The van der Waals surface area contributed by atoms with E-state index >= 15 is 0 Å². The minimum atomic E-state index is 0.861. The van der Waals surface area contributed by atoms with E-state index in [-0.39, 0.29) is 0 Å². The van der Waals surface area contributed by atoms with Crippen molar-refractivity contribution in [3.63, 3.8) is 0 Å². The third-order valence-corrected chi connectivity index (χ3v) is 5.32. The van der Waals surface area contributed by atoms with Crippen LogP contribution in [-0.2, 0) is 12.8 Å². The van der Waals surface area contributed by atoms with E-state index in [0.29, 0.717) is 0 Å². The van der Waals surface area contributed by atoms with Crippen LogP contribution < -0.4 is 0 Å². The van der Waals surface area contributed by atoms with Gasteiger partial charge in [-0.3, -0.25) is 0 Å². The van der Waals surface area contributed by atoms with E-state index in [9.17, 15) is 0 Å². The van der Waals surface area contributed by atoms with Crippen LogP contribution >= 0.6 is 0 Å². The second kappa shape index (κ2) is 7.41. The molecule has 1 aliphatic carbocycles. The lowest BCUT2D eigenvalue weighted by Gasteiger charge is -2.18. The van der Waals surface area contributed by atoms with Gasteiger partial charge < -0.3 is 0 Å². The van der Waals surface area contributed by atoms with Gasteiger partial charge in [-0.2, -0.15) is 0 Å². The summed E-state index contributed by atoms with van der Waals surface area (Å²) in [6.45, 7) is 4.25. The van der Waals surface area contributed by atoms with Crippen molar-refractivity contribution in [2.45, 2.75) is 52.4 Å². The van der Waals surface area contributed by atoms with Gasteiger partial charge in [-0.1, -0.05) is 72.5 Å². The monoisotopic (exact) mass is 342 g/mol. The van der Waals surface area contributed by atoms with Gasteiger partial charge in [-0.05, 0) is 39.5 Å². The average Bonchev–Trinajstić information content (AvgIpc) is 2.63. The van der Waals surface area contributed by atoms with Crippen LogP contribution in [0.5, 0.6) is 0 Å². The first-order valence-electron chi connectivity index (χ1n) is 9.74. The maximum Gasteiger partial charge on any atom is 0.160 e. The normalized spacial score (nSPS) is 14.4. The summed E-state index contributed by atoms with van der Waals surface area (Å²) in [7, 11) is 0. The summed E-state index contributed by atoms with van der Waals surface area (Å²) in [6, 6.07) is 17.3. The van der Waals surface area contributed by atoms with Crippen molar-refractivity contribution in [2.75, 3.05) is 0 Å². The van der Waals surface area contributed by atoms with E-state index in [1.165, 1.54) is 53.6 Å². The Morgan fingerprint density at radius 1 is 0.615 bits per heavy atom. The van der Waals surface area contributed by atoms with Crippen LogP contribution in [-0.4, -0.2) is 9.97 Å². The molecular formula is C24H26N2. The third-order valence-electron chi connectivity index (χ3n) is 5.32. The second-order valence-electron chi connectivity index (χ2n) is 7.47. The average molecular weight is 342 g/mol. The number of rotatable bonds is 2. The highest BCUT2D eigenvalue weighted by Gasteiger charge is 2.18. The van der Waals surface area contributed by atoms with Crippen molar-refractivity contribution in [3.8, 4) is 22.6 Å². The molecule has 132 valence electrons. The predicted molar refractivity (Wildman–Crippen MR) is 108 cm³/mol. The first kappa shape index (κ1) is 17.0. The highest BCUT2D eigenvalue weighted by Crippen LogP contribution is 2.31. The molecule has 2 heteroatoms. The molecular weight excluding hydrogens is 316 g/mol. The highest BCUT2D eigenvalue weighted by molar-refractivity contribution is 5.68. The van der Waals surface area contributed by atoms with Crippen LogP contribution in [0, 0.1) is 13.8 Å². The van der Waals surface area contributed by atoms with E-state index in [2.05, 4.69) is 62.4 Å². The molecule has 2 nitrogen and oxygen atoms in total. The first-order valence-corrected chi connectivity index (χ1v) is 9.74. The Balaban J connectivity index is 1.88. The van der Waals surface area contributed by atoms with E-state index < -0.39 is 0 Å². The Morgan fingerprint density at radius 2 is 1.19 bits per heavy atom. The number of aromatic nitrogens is 2. The van der Waals surface area contributed by atoms with Gasteiger partial charge in [0.1, 0.15) is 0 Å². The summed E-state index contributed by atoms with van der Waals surface area (Å²) in [5, 5.41) is 0. The van der Waals surface area contributed by atoms with Gasteiger partial charge in [0.15, 0.2) is 5.82 Å². The molecule has 1 aromatic heterocycles. The molecule has 0 saturated heterocycles. The van der Waals surface area contributed by atoms with Crippen LogP contribution in [0.25, 0.3) is 22.6 Å². The lowest BCUT2D eigenvalue weighted by molar-refractivity contribution is 0.608. The quantitative estimate of drug-likeness (QED) is 0.563. The van der Waals surface area contributed by atoms with Crippen LogP contribution in [0.3, 0.4) is 0 Å². The molecule has 0 unspecified atom stereocenters. The Hall–Kier alpha value is -2.48. The van der Waals surface area contributed by atoms with E-state index in [4.69, 9.17) is 9.97 Å². The number of aryl methyl sites for hydroxylation is 3. The summed E-state index contributed by atoms with van der Waals surface area (Å²) in [5.74, 6) is 0.861. The number of hydrogen-bond acceptors (Lipinski definition) is 2. The van der Waals surface area contributed by atoms with Crippen molar-refractivity contribution in [1.82, 2.24) is 9.97 Å². The maximum absolute atomic E-state index is 5.05. The summed E-state index contributed by atoms with van der Waals surface area (Å²) < 4.78 is 0. The fourth-order valence-electron chi connectivity index (χ4n) is 3.73. The first-order chi connectivity index (χ1) is 12.7. The Morgan fingerprint density at radius 3 is 1.85 bits per heavy atom. The van der Waals surface area contributed by atoms with Gasteiger partial charge in [-0.25, -0.2) is 9.97 Å². The van der Waals surface area contributed by atoms with Gasteiger partial charge in [0.2, 0.25) is 0 Å².